The second-order valence-electron chi connectivity index (χ2n) is 5.39. The number of thioether (sulfide) groups is 1. The van der Waals surface area contributed by atoms with E-state index < -0.39 is 0 Å². The molecule has 1 aliphatic carbocycles. The molecule has 0 saturated heterocycles. The number of rotatable bonds is 4. The molecule has 16 heavy (non-hydrogen) atoms. The molecule has 0 aromatic rings. The molecule has 0 spiro atoms. The van der Waals surface area contributed by atoms with Gasteiger partial charge < -0.3 is 5.32 Å². The van der Waals surface area contributed by atoms with Gasteiger partial charge in [0, 0.05) is 11.8 Å². The molecule has 0 aromatic heterocycles. The van der Waals surface area contributed by atoms with Crippen LogP contribution in [0.2, 0.25) is 0 Å². The second kappa shape index (κ2) is 5.44. The van der Waals surface area contributed by atoms with Crippen molar-refractivity contribution in [2.24, 2.45) is 16.8 Å². The monoisotopic (exact) mass is 240 g/mol. The van der Waals surface area contributed by atoms with Crippen LogP contribution < -0.4 is 5.32 Å². The Morgan fingerprint density at radius 2 is 2.19 bits per heavy atom. The lowest BCUT2D eigenvalue weighted by atomic mass is 10.1. The van der Waals surface area contributed by atoms with E-state index in [1.54, 1.807) is 0 Å². The van der Waals surface area contributed by atoms with Crippen LogP contribution in [-0.4, -0.2) is 23.0 Å². The Kier molecular flexibility index (Phi) is 4.17. The molecule has 1 saturated carbocycles. The predicted molar refractivity (Wildman–Crippen MR) is 73.1 cm³/mol. The van der Waals surface area contributed by atoms with Crippen LogP contribution in [0.1, 0.15) is 46.5 Å². The fourth-order valence-electron chi connectivity index (χ4n) is 2.04. The van der Waals surface area contributed by atoms with Crippen LogP contribution in [0, 0.1) is 11.8 Å². The minimum absolute atomic E-state index is 0.488. The maximum atomic E-state index is 4.75. The highest BCUT2D eigenvalue weighted by atomic mass is 32.2. The molecule has 0 amide bonds. The highest BCUT2D eigenvalue weighted by Crippen LogP contribution is 2.34. The first-order chi connectivity index (χ1) is 7.69. The molecule has 2 aliphatic rings. The molecule has 3 heteroatoms. The van der Waals surface area contributed by atoms with Crippen LogP contribution in [0.5, 0.6) is 0 Å². The maximum Gasteiger partial charge on any atom is 0.157 e. The first-order valence-electron chi connectivity index (χ1n) is 6.66. The molecular weight excluding hydrogens is 216 g/mol. The van der Waals surface area contributed by atoms with Crippen LogP contribution in [-0.2, 0) is 0 Å². The van der Waals surface area contributed by atoms with E-state index in [2.05, 4.69) is 26.1 Å². The van der Waals surface area contributed by atoms with Gasteiger partial charge in [-0.25, -0.2) is 0 Å². The average molecular weight is 240 g/mol. The molecule has 0 aromatic carbocycles. The molecule has 2 nitrogen and oxygen atoms in total. The molecule has 0 radical (unpaired) electrons. The zero-order valence-corrected chi connectivity index (χ0v) is 11.5. The number of nitrogens with zero attached hydrogens (tertiary/aromatic N) is 1. The van der Waals surface area contributed by atoms with E-state index in [0.29, 0.717) is 12.1 Å². The largest absolute Gasteiger partial charge is 0.362 e. The SMILES string of the molecule is CCC(CC1CC1)NC1=NC(C)C(C)CS1. The first kappa shape index (κ1) is 12.3. The zero-order chi connectivity index (χ0) is 11.5. The quantitative estimate of drug-likeness (QED) is 0.815. The molecule has 3 unspecified atom stereocenters. The van der Waals surface area contributed by atoms with E-state index in [4.69, 9.17) is 4.99 Å². The Morgan fingerprint density at radius 3 is 2.75 bits per heavy atom. The van der Waals surface area contributed by atoms with E-state index in [-0.39, 0.29) is 0 Å². The summed E-state index contributed by atoms with van der Waals surface area (Å²) in [6, 6.07) is 1.14. The fraction of sp³-hybridized carbons (Fsp3) is 0.923. The summed E-state index contributed by atoms with van der Waals surface area (Å²) < 4.78 is 0. The fourth-order valence-corrected chi connectivity index (χ4v) is 3.23. The van der Waals surface area contributed by atoms with Gasteiger partial charge in [-0.1, -0.05) is 38.5 Å². The molecule has 92 valence electrons. The van der Waals surface area contributed by atoms with Crippen molar-refractivity contribution in [1.82, 2.24) is 5.32 Å². The number of amidine groups is 1. The predicted octanol–water partition coefficient (Wildman–Crippen LogP) is 3.28. The third-order valence-corrected chi connectivity index (χ3v) is 4.95. The molecule has 3 atom stereocenters. The Labute approximate surface area is 104 Å². The normalized spacial score (nSPS) is 32.1. The van der Waals surface area contributed by atoms with Crippen LogP contribution in [0.25, 0.3) is 0 Å². The van der Waals surface area contributed by atoms with Crippen LogP contribution in [0.15, 0.2) is 4.99 Å². The summed E-state index contributed by atoms with van der Waals surface area (Å²) in [6.07, 6.45) is 5.47. The van der Waals surface area contributed by atoms with Crippen LogP contribution in [0.3, 0.4) is 0 Å². The Hall–Kier alpha value is -0.180. The summed E-state index contributed by atoms with van der Waals surface area (Å²) in [6.45, 7) is 6.80. The maximum absolute atomic E-state index is 4.75. The molecule has 1 fully saturated rings. The van der Waals surface area contributed by atoms with E-state index in [0.717, 1.165) is 11.8 Å². The standard InChI is InChI=1S/C13H24N2S/c1-4-12(7-11-5-6-11)15-13-14-10(3)9(2)8-16-13/h9-12H,4-8H2,1-3H3,(H,14,15). The number of nitrogens with one attached hydrogen (secondary N) is 1. The van der Waals surface area contributed by atoms with Crippen molar-refractivity contribution in [3.63, 3.8) is 0 Å². The van der Waals surface area contributed by atoms with Gasteiger partial charge in [0.15, 0.2) is 5.17 Å². The molecule has 1 aliphatic heterocycles. The van der Waals surface area contributed by atoms with Gasteiger partial charge in [-0.05, 0) is 31.6 Å². The Bertz CT molecular complexity index is 261. The third kappa shape index (κ3) is 3.41. The minimum Gasteiger partial charge on any atom is -0.362 e. The molecule has 0 bridgehead atoms. The molecular formula is C13H24N2S. The first-order valence-corrected chi connectivity index (χ1v) is 7.64. The number of hydrogen-bond donors (Lipinski definition) is 1. The van der Waals surface area contributed by atoms with Gasteiger partial charge in [0.25, 0.3) is 0 Å². The van der Waals surface area contributed by atoms with Crippen molar-refractivity contribution in [1.29, 1.82) is 0 Å². The summed E-state index contributed by atoms with van der Waals surface area (Å²) in [5, 5.41) is 4.83. The van der Waals surface area contributed by atoms with Crippen LogP contribution in [0.4, 0.5) is 0 Å². The van der Waals surface area contributed by atoms with Gasteiger partial charge in [-0.15, -0.1) is 0 Å². The van der Waals surface area contributed by atoms with Gasteiger partial charge in [0.1, 0.15) is 0 Å². The lowest BCUT2D eigenvalue weighted by molar-refractivity contribution is 0.500. The topological polar surface area (TPSA) is 24.4 Å². The minimum atomic E-state index is 0.488. The van der Waals surface area contributed by atoms with Crippen molar-refractivity contribution in [3.05, 3.63) is 0 Å². The molecule has 2 rings (SSSR count). The van der Waals surface area contributed by atoms with E-state index in [9.17, 15) is 0 Å². The summed E-state index contributed by atoms with van der Waals surface area (Å²) in [4.78, 5) is 4.75. The van der Waals surface area contributed by atoms with Gasteiger partial charge in [-0.3, -0.25) is 4.99 Å². The van der Waals surface area contributed by atoms with Crippen molar-refractivity contribution in [2.75, 3.05) is 5.75 Å². The summed E-state index contributed by atoms with van der Waals surface area (Å²) in [7, 11) is 0. The third-order valence-electron chi connectivity index (χ3n) is 3.76. The van der Waals surface area contributed by atoms with Gasteiger partial charge in [0.05, 0.1) is 6.04 Å². The lowest BCUT2D eigenvalue weighted by Crippen LogP contribution is -2.37. The zero-order valence-electron chi connectivity index (χ0n) is 10.7. The molecule has 1 heterocycles. The smallest absolute Gasteiger partial charge is 0.157 e. The average Bonchev–Trinajstić information content (AvgIpc) is 3.06. The highest BCUT2D eigenvalue weighted by Gasteiger charge is 2.26. The summed E-state index contributed by atoms with van der Waals surface area (Å²) in [5.41, 5.74) is 0. The van der Waals surface area contributed by atoms with Gasteiger partial charge in [0.2, 0.25) is 0 Å². The number of hydrogen-bond acceptors (Lipinski definition) is 3. The summed E-state index contributed by atoms with van der Waals surface area (Å²) >= 11 is 1.91. The van der Waals surface area contributed by atoms with E-state index in [1.807, 2.05) is 11.8 Å². The summed E-state index contributed by atoms with van der Waals surface area (Å²) in [5.74, 6) is 2.94. The van der Waals surface area contributed by atoms with E-state index >= 15 is 0 Å². The second-order valence-corrected chi connectivity index (χ2v) is 6.40. The molecule has 1 N–H and O–H groups in total. The Morgan fingerprint density at radius 1 is 1.44 bits per heavy atom. The van der Waals surface area contributed by atoms with E-state index in [1.165, 1.54) is 36.6 Å². The lowest BCUT2D eigenvalue weighted by Gasteiger charge is -2.26. The van der Waals surface area contributed by atoms with Crippen molar-refractivity contribution in [2.45, 2.75) is 58.5 Å². The van der Waals surface area contributed by atoms with Crippen molar-refractivity contribution < 1.29 is 0 Å². The number of aliphatic imine (C=N–C) groups is 1. The van der Waals surface area contributed by atoms with Gasteiger partial charge >= 0.3 is 0 Å². The highest BCUT2D eigenvalue weighted by molar-refractivity contribution is 8.13. The Balaban J connectivity index is 1.84. The van der Waals surface area contributed by atoms with Crippen LogP contribution >= 0.6 is 11.8 Å². The van der Waals surface area contributed by atoms with Gasteiger partial charge in [-0.2, -0.15) is 0 Å². The van der Waals surface area contributed by atoms with Crippen molar-refractivity contribution in [3.8, 4) is 0 Å². The van der Waals surface area contributed by atoms with Crippen molar-refractivity contribution >= 4 is 16.9 Å².